The number of hydrogen-bond acceptors (Lipinski definition) is 2. The SMILES string of the molecule is CC(C)N1CCC2(c3ccc(O)cc3)CCC1C2. The summed E-state index contributed by atoms with van der Waals surface area (Å²) < 4.78 is 0. The number of piperidine rings is 1. The van der Waals surface area contributed by atoms with Crippen LogP contribution in [0.2, 0.25) is 0 Å². The number of phenols is 1. The number of aromatic hydroxyl groups is 1. The summed E-state index contributed by atoms with van der Waals surface area (Å²) in [7, 11) is 0. The molecule has 2 aliphatic rings. The Morgan fingerprint density at radius 2 is 1.94 bits per heavy atom. The van der Waals surface area contributed by atoms with Crippen LogP contribution in [0.25, 0.3) is 0 Å². The minimum Gasteiger partial charge on any atom is -0.508 e. The summed E-state index contributed by atoms with van der Waals surface area (Å²) in [5.41, 5.74) is 1.83. The number of nitrogens with zero attached hydrogens (tertiary/aromatic N) is 1. The smallest absolute Gasteiger partial charge is 0.115 e. The van der Waals surface area contributed by atoms with Gasteiger partial charge in [-0.25, -0.2) is 0 Å². The molecule has 2 bridgehead atoms. The first-order valence-electron chi connectivity index (χ1n) is 7.16. The Labute approximate surface area is 110 Å². The van der Waals surface area contributed by atoms with Gasteiger partial charge in [-0.05, 0) is 69.2 Å². The summed E-state index contributed by atoms with van der Waals surface area (Å²) >= 11 is 0. The van der Waals surface area contributed by atoms with Crippen LogP contribution in [0.3, 0.4) is 0 Å². The van der Waals surface area contributed by atoms with Crippen LogP contribution < -0.4 is 0 Å². The van der Waals surface area contributed by atoms with Gasteiger partial charge in [0, 0.05) is 12.1 Å². The van der Waals surface area contributed by atoms with Crippen LogP contribution in [0.5, 0.6) is 5.75 Å². The lowest BCUT2D eigenvalue weighted by atomic mass is 9.74. The second-order valence-electron chi connectivity index (χ2n) is 6.31. The fourth-order valence-electron chi connectivity index (χ4n) is 4.04. The van der Waals surface area contributed by atoms with E-state index in [1.165, 1.54) is 37.8 Å². The van der Waals surface area contributed by atoms with Crippen molar-refractivity contribution in [3.8, 4) is 5.75 Å². The van der Waals surface area contributed by atoms with Gasteiger partial charge in [-0.3, -0.25) is 4.90 Å². The molecule has 1 aliphatic heterocycles. The Bertz CT molecular complexity index is 425. The summed E-state index contributed by atoms with van der Waals surface area (Å²) in [5.74, 6) is 0.379. The first-order valence-corrected chi connectivity index (χ1v) is 7.16. The normalized spacial score (nSPS) is 32.1. The van der Waals surface area contributed by atoms with Crippen LogP contribution in [0, 0.1) is 0 Å². The van der Waals surface area contributed by atoms with Crippen molar-refractivity contribution >= 4 is 0 Å². The minimum absolute atomic E-state index is 0.379. The molecule has 1 aromatic carbocycles. The van der Waals surface area contributed by atoms with Gasteiger partial charge in [0.15, 0.2) is 0 Å². The van der Waals surface area contributed by atoms with Gasteiger partial charge in [0.05, 0.1) is 0 Å². The van der Waals surface area contributed by atoms with E-state index in [0.717, 1.165) is 6.04 Å². The third-order valence-corrected chi connectivity index (χ3v) is 5.04. The van der Waals surface area contributed by atoms with Crippen molar-refractivity contribution < 1.29 is 5.11 Å². The van der Waals surface area contributed by atoms with Gasteiger partial charge in [-0.2, -0.15) is 0 Å². The third-order valence-electron chi connectivity index (χ3n) is 5.04. The highest BCUT2D eigenvalue weighted by Gasteiger charge is 2.46. The van der Waals surface area contributed by atoms with E-state index < -0.39 is 0 Å². The Hall–Kier alpha value is -1.02. The molecule has 1 saturated carbocycles. The molecule has 0 radical (unpaired) electrons. The summed E-state index contributed by atoms with van der Waals surface area (Å²) in [6, 6.07) is 9.38. The zero-order valence-corrected chi connectivity index (χ0v) is 11.4. The van der Waals surface area contributed by atoms with E-state index in [4.69, 9.17) is 0 Å². The Balaban J connectivity index is 1.85. The number of likely N-dealkylation sites (tertiary alicyclic amines) is 1. The summed E-state index contributed by atoms with van der Waals surface area (Å²) in [5, 5.41) is 9.43. The van der Waals surface area contributed by atoms with Crippen LogP contribution in [0.4, 0.5) is 0 Å². The first kappa shape index (κ1) is 12.0. The zero-order valence-electron chi connectivity index (χ0n) is 11.4. The van der Waals surface area contributed by atoms with Crippen molar-refractivity contribution in [3.05, 3.63) is 29.8 Å². The molecular formula is C16H23NO. The number of phenolic OH excluding ortho intramolecular Hbond substituents is 1. The molecule has 2 heteroatoms. The third kappa shape index (κ3) is 1.83. The van der Waals surface area contributed by atoms with Gasteiger partial charge < -0.3 is 5.11 Å². The Kier molecular flexibility index (Phi) is 2.86. The number of fused-ring (bicyclic) bond motifs is 2. The summed E-state index contributed by atoms with van der Waals surface area (Å²) in [6.07, 6.45) is 5.22. The van der Waals surface area contributed by atoms with Crippen molar-refractivity contribution in [3.63, 3.8) is 0 Å². The lowest BCUT2D eigenvalue weighted by Crippen LogP contribution is -2.46. The van der Waals surface area contributed by atoms with E-state index in [9.17, 15) is 5.11 Å². The standard InChI is InChI=1S/C16H23NO/c1-12(2)17-10-9-16(8-7-14(17)11-16)13-3-5-15(18)6-4-13/h3-6,12,14,18H,7-11H2,1-2H3. The quantitative estimate of drug-likeness (QED) is 0.864. The Morgan fingerprint density at radius 1 is 1.22 bits per heavy atom. The van der Waals surface area contributed by atoms with E-state index in [1.807, 2.05) is 12.1 Å². The molecule has 0 aromatic heterocycles. The van der Waals surface area contributed by atoms with Crippen molar-refractivity contribution in [1.82, 2.24) is 4.90 Å². The van der Waals surface area contributed by atoms with E-state index in [1.54, 1.807) is 0 Å². The molecule has 3 rings (SSSR count). The highest BCUT2D eigenvalue weighted by molar-refractivity contribution is 5.33. The van der Waals surface area contributed by atoms with Crippen LogP contribution >= 0.6 is 0 Å². The predicted molar refractivity (Wildman–Crippen MR) is 73.9 cm³/mol. The maximum absolute atomic E-state index is 9.43. The van der Waals surface area contributed by atoms with Crippen LogP contribution in [0.1, 0.15) is 45.1 Å². The fourth-order valence-corrected chi connectivity index (χ4v) is 4.04. The van der Waals surface area contributed by atoms with E-state index in [0.29, 0.717) is 17.2 Å². The monoisotopic (exact) mass is 245 g/mol. The van der Waals surface area contributed by atoms with Crippen molar-refractivity contribution in [1.29, 1.82) is 0 Å². The highest BCUT2D eigenvalue weighted by atomic mass is 16.3. The minimum atomic E-state index is 0.379. The Morgan fingerprint density at radius 3 is 2.61 bits per heavy atom. The van der Waals surface area contributed by atoms with Gasteiger partial charge in [0.2, 0.25) is 0 Å². The molecule has 1 saturated heterocycles. The van der Waals surface area contributed by atoms with Crippen molar-refractivity contribution in [2.24, 2.45) is 0 Å². The first-order chi connectivity index (χ1) is 8.61. The molecule has 0 spiro atoms. The van der Waals surface area contributed by atoms with E-state index in [-0.39, 0.29) is 0 Å². The van der Waals surface area contributed by atoms with Gasteiger partial charge in [-0.1, -0.05) is 12.1 Å². The fraction of sp³-hybridized carbons (Fsp3) is 0.625. The molecule has 18 heavy (non-hydrogen) atoms. The lowest BCUT2D eigenvalue weighted by Gasteiger charge is -2.42. The molecule has 98 valence electrons. The molecule has 2 atom stereocenters. The van der Waals surface area contributed by atoms with Crippen LogP contribution in [-0.4, -0.2) is 28.6 Å². The lowest BCUT2D eigenvalue weighted by molar-refractivity contribution is 0.108. The molecule has 1 aromatic rings. The van der Waals surface area contributed by atoms with Gasteiger partial charge in [0.1, 0.15) is 5.75 Å². The number of rotatable bonds is 2. The van der Waals surface area contributed by atoms with Gasteiger partial charge >= 0.3 is 0 Å². The summed E-state index contributed by atoms with van der Waals surface area (Å²) in [4.78, 5) is 2.67. The topological polar surface area (TPSA) is 23.5 Å². The highest BCUT2D eigenvalue weighted by Crippen LogP contribution is 2.49. The zero-order chi connectivity index (χ0) is 12.8. The summed E-state index contributed by atoms with van der Waals surface area (Å²) in [6.45, 7) is 5.85. The largest absolute Gasteiger partial charge is 0.508 e. The molecule has 1 heterocycles. The predicted octanol–water partition coefficient (Wildman–Crippen LogP) is 3.30. The number of benzene rings is 1. The van der Waals surface area contributed by atoms with E-state index >= 15 is 0 Å². The average Bonchev–Trinajstić information content (AvgIpc) is 2.68. The maximum atomic E-state index is 9.43. The van der Waals surface area contributed by atoms with Crippen LogP contribution in [0.15, 0.2) is 24.3 Å². The molecule has 0 amide bonds. The molecule has 2 fully saturated rings. The van der Waals surface area contributed by atoms with Gasteiger partial charge in [-0.15, -0.1) is 0 Å². The second kappa shape index (κ2) is 4.27. The molecule has 2 unspecified atom stereocenters. The van der Waals surface area contributed by atoms with E-state index in [2.05, 4.69) is 30.9 Å². The maximum Gasteiger partial charge on any atom is 0.115 e. The van der Waals surface area contributed by atoms with Crippen molar-refractivity contribution in [2.75, 3.05) is 6.54 Å². The van der Waals surface area contributed by atoms with Crippen molar-refractivity contribution in [2.45, 2.75) is 57.0 Å². The van der Waals surface area contributed by atoms with Crippen LogP contribution in [-0.2, 0) is 5.41 Å². The molecule has 2 nitrogen and oxygen atoms in total. The molecule has 1 aliphatic carbocycles. The number of hydrogen-bond donors (Lipinski definition) is 1. The molecule has 1 N–H and O–H groups in total. The molecular weight excluding hydrogens is 222 g/mol. The van der Waals surface area contributed by atoms with Gasteiger partial charge in [0.25, 0.3) is 0 Å². The second-order valence-corrected chi connectivity index (χ2v) is 6.31. The average molecular weight is 245 g/mol.